The number of hydrogen-bond acceptors (Lipinski definition) is 5. The first-order valence-electron chi connectivity index (χ1n) is 7.25. The Bertz CT molecular complexity index is 796. The summed E-state index contributed by atoms with van der Waals surface area (Å²) in [5.74, 6) is -0.388. The smallest absolute Gasteiger partial charge is 0.238 e. The summed E-state index contributed by atoms with van der Waals surface area (Å²) < 4.78 is 37.2. The summed E-state index contributed by atoms with van der Waals surface area (Å²) >= 11 is 0. The molecule has 0 amide bonds. The molecule has 2 aromatic rings. The van der Waals surface area contributed by atoms with Crippen molar-refractivity contribution in [1.29, 1.82) is 0 Å². The number of primary sulfonamides is 1. The standard InChI is InChI=1S/C15H19FN4O2S/c1-3-12(10-6-5-7-11(8-10)23(17,21)22)20-15-14(16)13(4-2)18-9-19-15/h5-9,12H,3-4H2,1-2H3,(H2,17,21,22)(H,18,19,20). The Kier molecular flexibility index (Phi) is 5.27. The minimum atomic E-state index is -3.79. The maximum atomic E-state index is 14.3. The first kappa shape index (κ1) is 17.3. The Labute approximate surface area is 135 Å². The molecule has 23 heavy (non-hydrogen) atoms. The van der Waals surface area contributed by atoms with E-state index in [2.05, 4.69) is 15.3 Å². The van der Waals surface area contributed by atoms with Crippen molar-refractivity contribution in [3.63, 3.8) is 0 Å². The molecule has 0 radical (unpaired) electrons. The molecule has 124 valence electrons. The average Bonchev–Trinajstić information content (AvgIpc) is 2.53. The fraction of sp³-hybridized carbons (Fsp3) is 0.333. The third-order valence-electron chi connectivity index (χ3n) is 3.50. The molecular formula is C15H19FN4O2S. The van der Waals surface area contributed by atoms with Crippen molar-refractivity contribution in [2.75, 3.05) is 5.32 Å². The molecule has 0 saturated heterocycles. The normalized spacial score (nSPS) is 12.9. The highest BCUT2D eigenvalue weighted by Crippen LogP contribution is 2.25. The van der Waals surface area contributed by atoms with Crippen LogP contribution >= 0.6 is 0 Å². The second-order valence-electron chi connectivity index (χ2n) is 5.06. The van der Waals surface area contributed by atoms with E-state index >= 15 is 0 Å². The average molecular weight is 338 g/mol. The lowest BCUT2D eigenvalue weighted by Gasteiger charge is -2.19. The summed E-state index contributed by atoms with van der Waals surface area (Å²) in [6.45, 7) is 3.71. The van der Waals surface area contributed by atoms with Crippen LogP contribution in [0.1, 0.15) is 37.6 Å². The number of sulfonamides is 1. The number of aromatic nitrogens is 2. The van der Waals surface area contributed by atoms with E-state index in [1.165, 1.54) is 18.5 Å². The SMILES string of the molecule is CCc1ncnc(NC(CC)c2cccc(S(N)(=O)=O)c2)c1F. The van der Waals surface area contributed by atoms with Crippen LogP contribution in [0.2, 0.25) is 0 Å². The largest absolute Gasteiger partial charge is 0.361 e. The van der Waals surface area contributed by atoms with Crippen molar-refractivity contribution in [2.45, 2.75) is 37.6 Å². The van der Waals surface area contributed by atoms with Gasteiger partial charge in [-0.2, -0.15) is 0 Å². The van der Waals surface area contributed by atoms with E-state index in [1.807, 2.05) is 13.8 Å². The number of rotatable bonds is 6. The molecule has 8 heteroatoms. The second-order valence-corrected chi connectivity index (χ2v) is 6.62. The van der Waals surface area contributed by atoms with Gasteiger partial charge in [0.25, 0.3) is 0 Å². The summed E-state index contributed by atoms with van der Waals surface area (Å²) in [6.07, 6.45) is 2.37. The summed E-state index contributed by atoms with van der Waals surface area (Å²) in [5, 5.41) is 8.16. The molecule has 1 aromatic carbocycles. The van der Waals surface area contributed by atoms with Crippen LogP contribution in [0.5, 0.6) is 0 Å². The highest BCUT2D eigenvalue weighted by molar-refractivity contribution is 7.89. The molecule has 0 aliphatic rings. The Hall–Kier alpha value is -2.06. The molecule has 0 aliphatic carbocycles. The maximum Gasteiger partial charge on any atom is 0.238 e. The van der Waals surface area contributed by atoms with E-state index in [0.717, 1.165) is 0 Å². The molecule has 0 aliphatic heterocycles. The van der Waals surface area contributed by atoms with E-state index in [-0.39, 0.29) is 16.8 Å². The van der Waals surface area contributed by atoms with Gasteiger partial charge >= 0.3 is 0 Å². The molecule has 0 fully saturated rings. The Morgan fingerprint density at radius 2 is 2.04 bits per heavy atom. The number of nitrogens with zero attached hydrogens (tertiary/aromatic N) is 2. The van der Waals surface area contributed by atoms with Crippen molar-refractivity contribution in [1.82, 2.24) is 9.97 Å². The second kappa shape index (κ2) is 7.01. The molecule has 1 aromatic heterocycles. The molecule has 1 atom stereocenters. The predicted molar refractivity (Wildman–Crippen MR) is 85.8 cm³/mol. The van der Waals surface area contributed by atoms with Crippen molar-refractivity contribution < 1.29 is 12.8 Å². The van der Waals surface area contributed by atoms with Gasteiger partial charge in [0.1, 0.15) is 6.33 Å². The highest BCUT2D eigenvalue weighted by atomic mass is 32.2. The molecule has 0 spiro atoms. The zero-order chi connectivity index (χ0) is 17.0. The van der Waals surface area contributed by atoms with Gasteiger partial charge in [0.15, 0.2) is 11.6 Å². The van der Waals surface area contributed by atoms with E-state index in [9.17, 15) is 12.8 Å². The maximum absolute atomic E-state index is 14.3. The number of nitrogens with one attached hydrogen (secondary N) is 1. The van der Waals surface area contributed by atoms with Gasteiger partial charge in [0.2, 0.25) is 10.0 Å². The van der Waals surface area contributed by atoms with Gasteiger partial charge in [0.05, 0.1) is 16.6 Å². The lowest BCUT2D eigenvalue weighted by molar-refractivity contribution is 0.590. The molecule has 3 N–H and O–H groups in total. The zero-order valence-electron chi connectivity index (χ0n) is 13.0. The molecule has 0 bridgehead atoms. The number of nitrogens with two attached hydrogens (primary N) is 1. The minimum Gasteiger partial charge on any atom is -0.361 e. The molecule has 2 rings (SSSR count). The van der Waals surface area contributed by atoms with E-state index in [4.69, 9.17) is 5.14 Å². The van der Waals surface area contributed by atoms with Gasteiger partial charge < -0.3 is 5.32 Å². The Balaban J connectivity index is 2.35. The number of halogens is 1. The van der Waals surface area contributed by atoms with Crippen molar-refractivity contribution >= 4 is 15.8 Å². The fourth-order valence-electron chi connectivity index (χ4n) is 2.25. The van der Waals surface area contributed by atoms with Gasteiger partial charge in [0, 0.05) is 0 Å². The third kappa shape index (κ3) is 4.02. The molecule has 1 heterocycles. The van der Waals surface area contributed by atoms with Gasteiger partial charge in [-0.15, -0.1) is 0 Å². The van der Waals surface area contributed by atoms with Crippen LogP contribution in [-0.2, 0) is 16.4 Å². The van der Waals surface area contributed by atoms with E-state index < -0.39 is 15.8 Å². The lowest BCUT2D eigenvalue weighted by Crippen LogP contribution is -2.16. The number of benzene rings is 1. The Morgan fingerprint density at radius 1 is 1.30 bits per heavy atom. The van der Waals surface area contributed by atoms with Crippen molar-refractivity contribution in [3.8, 4) is 0 Å². The van der Waals surface area contributed by atoms with Gasteiger partial charge in [-0.25, -0.2) is 27.9 Å². The molecular weight excluding hydrogens is 319 g/mol. The third-order valence-corrected chi connectivity index (χ3v) is 4.42. The highest BCUT2D eigenvalue weighted by Gasteiger charge is 2.17. The number of aryl methyl sites for hydroxylation is 1. The zero-order valence-corrected chi connectivity index (χ0v) is 13.8. The quantitative estimate of drug-likeness (QED) is 0.843. The monoisotopic (exact) mass is 338 g/mol. The minimum absolute atomic E-state index is 0.0210. The summed E-state index contributed by atoms with van der Waals surface area (Å²) in [4.78, 5) is 7.84. The van der Waals surface area contributed by atoms with E-state index in [0.29, 0.717) is 24.1 Å². The Morgan fingerprint density at radius 3 is 2.65 bits per heavy atom. The van der Waals surface area contributed by atoms with Crippen LogP contribution in [0, 0.1) is 5.82 Å². The van der Waals surface area contributed by atoms with Gasteiger partial charge in [-0.05, 0) is 30.5 Å². The number of hydrogen-bond donors (Lipinski definition) is 2. The van der Waals surface area contributed by atoms with Crippen LogP contribution in [0.3, 0.4) is 0 Å². The topological polar surface area (TPSA) is 98.0 Å². The van der Waals surface area contributed by atoms with Crippen LogP contribution in [0.15, 0.2) is 35.5 Å². The summed E-state index contributed by atoms with van der Waals surface area (Å²) in [5.41, 5.74) is 1.02. The number of anilines is 1. The molecule has 6 nitrogen and oxygen atoms in total. The van der Waals surface area contributed by atoms with Crippen molar-refractivity contribution in [2.24, 2.45) is 5.14 Å². The summed E-state index contributed by atoms with van der Waals surface area (Å²) in [6, 6.07) is 5.97. The first-order valence-corrected chi connectivity index (χ1v) is 8.80. The van der Waals surface area contributed by atoms with Crippen LogP contribution in [0.25, 0.3) is 0 Å². The fourth-order valence-corrected chi connectivity index (χ4v) is 2.82. The lowest BCUT2D eigenvalue weighted by atomic mass is 10.0. The molecule has 0 saturated carbocycles. The predicted octanol–water partition coefficient (Wildman–Crippen LogP) is 2.39. The molecule has 1 unspecified atom stereocenters. The van der Waals surface area contributed by atoms with Crippen LogP contribution in [-0.4, -0.2) is 18.4 Å². The van der Waals surface area contributed by atoms with Crippen LogP contribution < -0.4 is 10.5 Å². The van der Waals surface area contributed by atoms with Gasteiger partial charge in [-0.1, -0.05) is 26.0 Å². The van der Waals surface area contributed by atoms with Gasteiger partial charge in [-0.3, -0.25) is 0 Å². The van der Waals surface area contributed by atoms with E-state index in [1.54, 1.807) is 12.1 Å². The van der Waals surface area contributed by atoms with Crippen molar-refractivity contribution in [3.05, 3.63) is 47.7 Å². The first-order chi connectivity index (χ1) is 10.9. The summed E-state index contributed by atoms with van der Waals surface area (Å²) in [7, 11) is -3.79. The van der Waals surface area contributed by atoms with Crippen LogP contribution in [0.4, 0.5) is 10.2 Å².